The monoisotopic (exact) mass is 352 g/mol. The van der Waals surface area contributed by atoms with Crippen LogP contribution >= 0.6 is 0 Å². The van der Waals surface area contributed by atoms with E-state index in [1.807, 2.05) is 33.8 Å². The van der Waals surface area contributed by atoms with Gasteiger partial charge in [0.25, 0.3) is 0 Å². The fourth-order valence-electron chi connectivity index (χ4n) is 1.91. The maximum absolute atomic E-state index is 13.6. The zero-order valence-electron chi connectivity index (χ0n) is 15.7. The SMILES string of the molecule is CCNC(=NCc1ccc(C)c(F)c1)NCCNC(=O)OC(C)(C)C. The number of carbonyl (C=O) groups is 1. The fourth-order valence-corrected chi connectivity index (χ4v) is 1.91. The number of ether oxygens (including phenoxy) is 1. The highest BCUT2D eigenvalue weighted by Gasteiger charge is 2.15. The first kappa shape index (κ1) is 20.7. The number of nitrogens with one attached hydrogen (secondary N) is 3. The van der Waals surface area contributed by atoms with Crippen molar-refractivity contribution in [3.05, 3.63) is 35.1 Å². The average Bonchev–Trinajstić information content (AvgIpc) is 2.50. The second-order valence-corrected chi connectivity index (χ2v) is 6.63. The van der Waals surface area contributed by atoms with Crippen LogP contribution in [0.15, 0.2) is 23.2 Å². The molecule has 3 N–H and O–H groups in total. The molecule has 140 valence electrons. The molecule has 0 saturated carbocycles. The normalized spacial score (nSPS) is 11.8. The van der Waals surface area contributed by atoms with Crippen molar-refractivity contribution in [2.75, 3.05) is 19.6 Å². The van der Waals surface area contributed by atoms with E-state index >= 15 is 0 Å². The summed E-state index contributed by atoms with van der Waals surface area (Å²) in [5.41, 5.74) is 0.898. The minimum Gasteiger partial charge on any atom is -0.444 e. The van der Waals surface area contributed by atoms with Gasteiger partial charge >= 0.3 is 6.09 Å². The summed E-state index contributed by atoms with van der Waals surface area (Å²) in [5.74, 6) is 0.377. The van der Waals surface area contributed by atoms with Crippen LogP contribution in [-0.2, 0) is 11.3 Å². The molecule has 0 aromatic heterocycles. The Balaban J connectivity index is 2.45. The maximum atomic E-state index is 13.6. The minimum atomic E-state index is -0.517. The molecule has 25 heavy (non-hydrogen) atoms. The standard InChI is InChI=1S/C18H29FN4O2/c1-6-20-16(21-9-10-22-17(24)25-18(3,4)5)23-12-14-8-7-13(2)15(19)11-14/h7-8,11H,6,9-10,12H2,1-5H3,(H,22,24)(H2,20,21,23). The maximum Gasteiger partial charge on any atom is 0.407 e. The van der Waals surface area contributed by atoms with Crippen LogP contribution in [0.1, 0.15) is 38.8 Å². The van der Waals surface area contributed by atoms with Crippen molar-refractivity contribution < 1.29 is 13.9 Å². The summed E-state index contributed by atoms with van der Waals surface area (Å²) in [6, 6.07) is 5.09. The molecule has 1 amide bonds. The van der Waals surface area contributed by atoms with Crippen molar-refractivity contribution in [3.8, 4) is 0 Å². The molecule has 0 bridgehead atoms. The van der Waals surface area contributed by atoms with Gasteiger partial charge in [0.05, 0.1) is 6.54 Å². The molecule has 0 heterocycles. The Morgan fingerprint density at radius 1 is 1.20 bits per heavy atom. The second-order valence-electron chi connectivity index (χ2n) is 6.63. The van der Waals surface area contributed by atoms with Crippen molar-refractivity contribution in [2.24, 2.45) is 4.99 Å². The molecule has 0 aliphatic rings. The van der Waals surface area contributed by atoms with Gasteiger partial charge < -0.3 is 20.7 Å². The molecule has 1 aromatic carbocycles. The number of aliphatic imine (C=N–C) groups is 1. The van der Waals surface area contributed by atoms with Crippen LogP contribution in [0.3, 0.4) is 0 Å². The van der Waals surface area contributed by atoms with Crippen molar-refractivity contribution >= 4 is 12.1 Å². The summed E-state index contributed by atoms with van der Waals surface area (Å²) >= 11 is 0. The first-order chi connectivity index (χ1) is 11.7. The number of nitrogens with zero attached hydrogens (tertiary/aromatic N) is 1. The molecule has 0 spiro atoms. The number of rotatable bonds is 6. The molecule has 6 nitrogen and oxygen atoms in total. The van der Waals surface area contributed by atoms with E-state index < -0.39 is 11.7 Å². The lowest BCUT2D eigenvalue weighted by atomic mass is 10.1. The molecule has 0 atom stereocenters. The predicted molar refractivity (Wildman–Crippen MR) is 98.2 cm³/mol. The molecular formula is C18H29FN4O2. The van der Waals surface area contributed by atoms with E-state index in [1.54, 1.807) is 13.0 Å². The summed E-state index contributed by atoms with van der Waals surface area (Å²) in [6.45, 7) is 11.1. The Hall–Kier alpha value is -2.31. The van der Waals surface area contributed by atoms with Gasteiger partial charge in [0, 0.05) is 19.6 Å². The van der Waals surface area contributed by atoms with Crippen molar-refractivity contribution in [1.29, 1.82) is 0 Å². The van der Waals surface area contributed by atoms with Crippen LogP contribution in [0.5, 0.6) is 0 Å². The highest BCUT2D eigenvalue weighted by molar-refractivity contribution is 5.79. The lowest BCUT2D eigenvalue weighted by Gasteiger charge is -2.19. The van der Waals surface area contributed by atoms with E-state index in [-0.39, 0.29) is 5.82 Å². The van der Waals surface area contributed by atoms with Gasteiger partial charge in [-0.3, -0.25) is 0 Å². The molecule has 0 aliphatic carbocycles. The molecular weight excluding hydrogens is 323 g/mol. The Bertz CT molecular complexity index is 597. The third-order valence-electron chi connectivity index (χ3n) is 3.09. The van der Waals surface area contributed by atoms with Crippen LogP contribution in [0.4, 0.5) is 9.18 Å². The third kappa shape index (κ3) is 8.93. The lowest BCUT2D eigenvalue weighted by molar-refractivity contribution is 0.0529. The molecule has 0 radical (unpaired) electrons. The predicted octanol–water partition coefficient (Wildman–Crippen LogP) is 2.71. The van der Waals surface area contributed by atoms with E-state index in [0.29, 0.717) is 37.7 Å². The van der Waals surface area contributed by atoms with Gasteiger partial charge in [0.2, 0.25) is 0 Å². The number of hydrogen-bond donors (Lipinski definition) is 3. The van der Waals surface area contributed by atoms with E-state index in [4.69, 9.17) is 4.74 Å². The Morgan fingerprint density at radius 3 is 2.48 bits per heavy atom. The van der Waals surface area contributed by atoms with E-state index in [2.05, 4.69) is 20.9 Å². The van der Waals surface area contributed by atoms with Crippen molar-refractivity contribution in [2.45, 2.75) is 46.8 Å². The van der Waals surface area contributed by atoms with Gasteiger partial charge in [-0.25, -0.2) is 14.2 Å². The van der Waals surface area contributed by atoms with Crippen LogP contribution < -0.4 is 16.0 Å². The van der Waals surface area contributed by atoms with Gasteiger partial charge in [0.15, 0.2) is 5.96 Å². The van der Waals surface area contributed by atoms with Gasteiger partial charge in [-0.1, -0.05) is 12.1 Å². The number of hydrogen-bond acceptors (Lipinski definition) is 3. The van der Waals surface area contributed by atoms with Crippen molar-refractivity contribution in [1.82, 2.24) is 16.0 Å². The molecule has 0 saturated heterocycles. The average molecular weight is 352 g/mol. The smallest absolute Gasteiger partial charge is 0.407 e. The van der Waals surface area contributed by atoms with Gasteiger partial charge in [-0.2, -0.15) is 0 Å². The van der Waals surface area contributed by atoms with Crippen LogP contribution in [-0.4, -0.2) is 37.3 Å². The van der Waals surface area contributed by atoms with Crippen molar-refractivity contribution in [3.63, 3.8) is 0 Å². The van der Waals surface area contributed by atoms with Crippen LogP contribution in [0, 0.1) is 12.7 Å². The Labute approximate surface area is 149 Å². The molecule has 0 unspecified atom stereocenters. The molecule has 7 heteroatoms. The quantitative estimate of drug-likeness (QED) is 0.418. The number of carbonyl (C=O) groups excluding carboxylic acids is 1. The minimum absolute atomic E-state index is 0.229. The highest BCUT2D eigenvalue weighted by atomic mass is 19.1. The van der Waals surface area contributed by atoms with E-state index in [9.17, 15) is 9.18 Å². The summed E-state index contributed by atoms with van der Waals surface area (Å²) in [6.07, 6.45) is -0.452. The molecule has 1 rings (SSSR count). The topological polar surface area (TPSA) is 74.8 Å². The van der Waals surface area contributed by atoms with Gasteiger partial charge in [-0.15, -0.1) is 0 Å². The highest BCUT2D eigenvalue weighted by Crippen LogP contribution is 2.10. The number of aryl methyl sites for hydroxylation is 1. The summed E-state index contributed by atoms with van der Waals surface area (Å²) in [5, 5.41) is 8.88. The zero-order valence-corrected chi connectivity index (χ0v) is 15.7. The van der Waals surface area contributed by atoms with Gasteiger partial charge in [-0.05, 0) is 51.8 Å². The van der Waals surface area contributed by atoms with Crippen LogP contribution in [0.2, 0.25) is 0 Å². The fraction of sp³-hybridized carbons (Fsp3) is 0.556. The largest absolute Gasteiger partial charge is 0.444 e. The molecule has 1 aromatic rings. The van der Waals surface area contributed by atoms with Crippen LogP contribution in [0.25, 0.3) is 0 Å². The van der Waals surface area contributed by atoms with E-state index in [1.165, 1.54) is 6.07 Å². The van der Waals surface area contributed by atoms with E-state index in [0.717, 1.165) is 5.56 Å². The summed E-state index contributed by atoms with van der Waals surface area (Å²) in [4.78, 5) is 16.0. The third-order valence-corrected chi connectivity index (χ3v) is 3.09. The zero-order chi connectivity index (χ0) is 18.9. The second kappa shape index (κ2) is 9.86. The number of halogens is 1. The van der Waals surface area contributed by atoms with Gasteiger partial charge in [0.1, 0.15) is 11.4 Å². The first-order valence-electron chi connectivity index (χ1n) is 8.45. The number of benzene rings is 1. The number of guanidine groups is 1. The molecule has 0 aliphatic heterocycles. The Kier molecular flexibility index (Phi) is 8.18. The summed E-state index contributed by atoms with van der Waals surface area (Å²) < 4.78 is 18.7. The number of amides is 1. The Morgan fingerprint density at radius 2 is 1.88 bits per heavy atom. The summed E-state index contributed by atoms with van der Waals surface area (Å²) in [7, 11) is 0. The lowest BCUT2D eigenvalue weighted by Crippen LogP contribution is -2.42. The molecule has 0 fully saturated rings. The number of alkyl carbamates (subject to hydrolysis) is 1. The first-order valence-corrected chi connectivity index (χ1v) is 8.45.